The third-order valence-corrected chi connectivity index (χ3v) is 4.40. The van der Waals surface area contributed by atoms with Crippen LogP contribution in [0.25, 0.3) is 6.08 Å². The van der Waals surface area contributed by atoms with Gasteiger partial charge < -0.3 is 4.74 Å². The summed E-state index contributed by atoms with van der Waals surface area (Å²) in [6.45, 7) is 1.92. The first kappa shape index (κ1) is 21.5. The van der Waals surface area contributed by atoms with Crippen LogP contribution < -0.4 is 4.74 Å². The summed E-state index contributed by atoms with van der Waals surface area (Å²) < 4.78 is 99.1. The Hall–Kier alpha value is -1.77. The van der Waals surface area contributed by atoms with E-state index < -0.39 is 30.0 Å². The van der Waals surface area contributed by atoms with E-state index in [1.807, 2.05) is 0 Å². The van der Waals surface area contributed by atoms with E-state index in [4.69, 9.17) is 4.74 Å². The summed E-state index contributed by atoms with van der Waals surface area (Å²) in [6.07, 6.45) is -7.05. The second-order valence-corrected chi connectivity index (χ2v) is 6.31. The highest BCUT2D eigenvalue weighted by molar-refractivity contribution is 5.53. The molecule has 9 heteroatoms. The molecular weight excluding hydrogens is 381 g/mol. The van der Waals surface area contributed by atoms with E-state index in [0.29, 0.717) is 0 Å². The van der Waals surface area contributed by atoms with E-state index in [2.05, 4.69) is 4.74 Å². The summed E-state index contributed by atoms with van der Waals surface area (Å²) in [7, 11) is 0. The molecule has 0 aromatic heterocycles. The Morgan fingerprint density at radius 2 is 1.56 bits per heavy atom. The lowest BCUT2D eigenvalue weighted by atomic mass is 9.81. The molecule has 1 aromatic rings. The molecule has 0 aliphatic heterocycles. The van der Waals surface area contributed by atoms with Crippen molar-refractivity contribution in [2.45, 2.75) is 45.1 Å². The van der Waals surface area contributed by atoms with Crippen LogP contribution in [0.5, 0.6) is 5.75 Å². The molecule has 0 amide bonds. The van der Waals surface area contributed by atoms with E-state index in [1.165, 1.54) is 12.2 Å². The number of benzene rings is 1. The predicted molar refractivity (Wildman–Crippen MR) is 84.1 cm³/mol. The Bertz CT molecular complexity index is 639. The Balaban J connectivity index is 1.98. The van der Waals surface area contributed by atoms with Gasteiger partial charge in [-0.05, 0) is 38.5 Å². The van der Waals surface area contributed by atoms with E-state index >= 15 is 0 Å². The van der Waals surface area contributed by atoms with Gasteiger partial charge in [0.1, 0.15) is 17.4 Å². The summed E-state index contributed by atoms with van der Waals surface area (Å²) in [6, 6.07) is 2.08. The maximum absolute atomic E-state index is 14.0. The van der Waals surface area contributed by atoms with Gasteiger partial charge in [0.15, 0.2) is 0 Å². The molecule has 0 atom stereocenters. The largest absolute Gasteiger partial charge is 0.527 e. The number of allylic oxidation sites excluding steroid dienone is 1. The van der Waals surface area contributed by atoms with Crippen molar-refractivity contribution >= 4 is 6.08 Å². The maximum atomic E-state index is 14.0. The van der Waals surface area contributed by atoms with Crippen molar-refractivity contribution in [1.82, 2.24) is 0 Å². The highest BCUT2D eigenvalue weighted by atomic mass is 19.4. The van der Waals surface area contributed by atoms with Gasteiger partial charge in [-0.3, -0.25) is 0 Å². The van der Waals surface area contributed by atoms with Crippen LogP contribution in [-0.2, 0) is 4.74 Å². The fraction of sp³-hybridized carbons (Fsp3) is 0.556. The number of rotatable bonds is 6. The van der Waals surface area contributed by atoms with E-state index in [-0.39, 0.29) is 49.5 Å². The lowest BCUT2D eigenvalue weighted by molar-refractivity contribution is -0.438. The number of halogens is 7. The van der Waals surface area contributed by atoms with Crippen LogP contribution >= 0.6 is 0 Å². The van der Waals surface area contributed by atoms with Crippen molar-refractivity contribution in [1.29, 1.82) is 0 Å². The zero-order chi connectivity index (χ0) is 20.2. The third kappa shape index (κ3) is 6.12. The Morgan fingerprint density at radius 3 is 2.04 bits per heavy atom. The number of hydrogen-bond acceptors (Lipinski definition) is 2. The molecule has 1 saturated carbocycles. The van der Waals surface area contributed by atoms with Crippen LogP contribution in [-0.4, -0.2) is 19.1 Å². The molecule has 0 radical (unpaired) electrons. The minimum atomic E-state index is -5.41. The summed E-state index contributed by atoms with van der Waals surface area (Å²) >= 11 is 0. The van der Waals surface area contributed by atoms with Crippen LogP contribution in [0, 0.1) is 23.5 Å². The molecule has 152 valence electrons. The molecule has 0 spiro atoms. The zero-order valence-electron chi connectivity index (χ0n) is 14.5. The second-order valence-electron chi connectivity index (χ2n) is 6.31. The molecule has 1 aromatic carbocycles. The average Bonchev–Trinajstić information content (AvgIpc) is 2.52. The fourth-order valence-electron chi connectivity index (χ4n) is 3.09. The molecule has 0 bridgehead atoms. The second kappa shape index (κ2) is 8.50. The molecular formula is C18H19F7O2. The standard InChI is InChI=1S/C18H19F7O2/c1-2-26-13-9-15(19)14(16(20)10-13)8-5-11-3-6-12(7-4-11)17(21,22)27-18(23,24)25/h5,8-12H,2-4,6-7H2,1H3. The molecule has 27 heavy (non-hydrogen) atoms. The zero-order valence-corrected chi connectivity index (χ0v) is 14.5. The van der Waals surface area contributed by atoms with Crippen molar-refractivity contribution in [2.24, 2.45) is 11.8 Å². The molecule has 0 unspecified atom stereocenters. The quantitative estimate of drug-likeness (QED) is 0.521. The van der Waals surface area contributed by atoms with Gasteiger partial charge in [-0.25, -0.2) is 13.5 Å². The SMILES string of the molecule is CCOc1cc(F)c(C=CC2CCC(C(F)(F)OC(F)(F)F)CC2)c(F)c1. The van der Waals surface area contributed by atoms with Crippen molar-refractivity contribution < 1.29 is 40.2 Å². The van der Waals surface area contributed by atoms with Crippen molar-refractivity contribution in [3.8, 4) is 5.75 Å². The van der Waals surface area contributed by atoms with Gasteiger partial charge in [0, 0.05) is 17.7 Å². The monoisotopic (exact) mass is 400 g/mol. The van der Waals surface area contributed by atoms with Gasteiger partial charge in [0.05, 0.1) is 12.5 Å². The smallest absolute Gasteiger partial charge is 0.494 e. The Kier molecular flexibility index (Phi) is 6.77. The van der Waals surface area contributed by atoms with Crippen LogP contribution in [0.15, 0.2) is 18.2 Å². The Morgan fingerprint density at radius 1 is 1.00 bits per heavy atom. The van der Waals surface area contributed by atoms with Gasteiger partial charge in [0.25, 0.3) is 0 Å². The summed E-state index contributed by atoms with van der Waals surface area (Å²) in [5, 5.41) is 0. The predicted octanol–water partition coefficient (Wildman–Crippen LogP) is 6.31. The van der Waals surface area contributed by atoms with Gasteiger partial charge in [-0.15, -0.1) is 13.2 Å². The first-order valence-corrected chi connectivity index (χ1v) is 8.46. The van der Waals surface area contributed by atoms with Crippen molar-refractivity contribution in [3.63, 3.8) is 0 Å². The van der Waals surface area contributed by atoms with Crippen molar-refractivity contribution in [3.05, 3.63) is 35.4 Å². The van der Waals surface area contributed by atoms with Gasteiger partial charge in [-0.2, -0.15) is 8.78 Å². The van der Waals surface area contributed by atoms with Gasteiger partial charge >= 0.3 is 12.5 Å². The Labute approximate surface area is 152 Å². The first-order valence-electron chi connectivity index (χ1n) is 8.46. The highest BCUT2D eigenvalue weighted by Gasteiger charge is 2.50. The molecule has 2 nitrogen and oxygen atoms in total. The molecule has 0 N–H and O–H groups in total. The molecule has 1 aliphatic carbocycles. The highest BCUT2D eigenvalue weighted by Crippen LogP contribution is 2.42. The van der Waals surface area contributed by atoms with Gasteiger partial charge in [-0.1, -0.05) is 12.2 Å². The van der Waals surface area contributed by atoms with Crippen LogP contribution in [0.1, 0.15) is 38.2 Å². The topological polar surface area (TPSA) is 18.5 Å². The van der Waals surface area contributed by atoms with Crippen molar-refractivity contribution in [2.75, 3.05) is 6.61 Å². The summed E-state index contributed by atoms with van der Waals surface area (Å²) in [5.41, 5.74) is -0.286. The van der Waals surface area contributed by atoms with E-state index in [0.717, 1.165) is 12.1 Å². The fourth-order valence-corrected chi connectivity index (χ4v) is 3.09. The molecule has 0 saturated heterocycles. The van der Waals surface area contributed by atoms with Crippen LogP contribution in [0.3, 0.4) is 0 Å². The molecule has 1 aliphatic rings. The van der Waals surface area contributed by atoms with Gasteiger partial charge in [0.2, 0.25) is 0 Å². The average molecular weight is 400 g/mol. The van der Waals surface area contributed by atoms with Crippen LogP contribution in [0.2, 0.25) is 0 Å². The minimum absolute atomic E-state index is 0.0528. The number of ether oxygens (including phenoxy) is 2. The van der Waals surface area contributed by atoms with E-state index in [9.17, 15) is 30.7 Å². The normalized spacial score (nSPS) is 21.6. The molecule has 0 heterocycles. The number of hydrogen-bond donors (Lipinski definition) is 0. The lowest BCUT2D eigenvalue weighted by Gasteiger charge is -2.32. The lowest BCUT2D eigenvalue weighted by Crippen LogP contribution is -2.38. The number of alkyl halides is 5. The molecule has 2 rings (SSSR count). The minimum Gasteiger partial charge on any atom is -0.494 e. The maximum Gasteiger partial charge on any atom is 0.527 e. The molecule has 1 fully saturated rings. The first-order chi connectivity index (χ1) is 12.5. The summed E-state index contributed by atoms with van der Waals surface area (Å²) in [4.78, 5) is 0. The van der Waals surface area contributed by atoms with Crippen LogP contribution in [0.4, 0.5) is 30.7 Å². The third-order valence-electron chi connectivity index (χ3n) is 4.40. The summed E-state index contributed by atoms with van der Waals surface area (Å²) in [5.74, 6) is -3.42. The van der Waals surface area contributed by atoms with E-state index in [1.54, 1.807) is 6.92 Å².